The quantitative estimate of drug-likeness (QED) is 0.470. The van der Waals surface area contributed by atoms with Crippen LogP contribution in [0, 0.1) is 0 Å². The Hall–Kier alpha value is -2.67. The predicted molar refractivity (Wildman–Crippen MR) is 102 cm³/mol. The first kappa shape index (κ1) is 20.6. The number of carbonyl (C=O) groups excluding carboxylic acids is 1. The minimum atomic E-state index is -1.10. The fourth-order valence-electron chi connectivity index (χ4n) is 2.80. The van der Waals surface area contributed by atoms with Gasteiger partial charge in [0.2, 0.25) is 11.8 Å². The van der Waals surface area contributed by atoms with Gasteiger partial charge < -0.3 is 24.4 Å². The Morgan fingerprint density at radius 3 is 2.63 bits per heavy atom. The first-order chi connectivity index (χ1) is 12.8. The monoisotopic (exact) mass is 372 g/mol. The highest BCUT2D eigenvalue weighted by Crippen LogP contribution is 2.12. The number of ether oxygens (including phenoxy) is 1. The van der Waals surface area contributed by atoms with Crippen molar-refractivity contribution in [2.75, 3.05) is 39.6 Å². The Balaban J connectivity index is 1.87. The fraction of sp³-hybridized carbons (Fsp3) is 0.450. The van der Waals surface area contributed by atoms with E-state index < -0.39 is 5.97 Å². The lowest BCUT2D eigenvalue weighted by Gasteiger charge is -2.30. The van der Waals surface area contributed by atoms with Crippen LogP contribution < -0.4 is 15.2 Å². The van der Waals surface area contributed by atoms with Crippen LogP contribution in [0.15, 0.2) is 42.6 Å². The van der Waals surface area contributed by atoms with E-state index in [2.05, 4.69) is 27.4 Å². The van der Waals surface area contributed by atoms with Crippen molar-refractivity contribution in [1.29, 1.82) is 0 Å². The second kappa shape index (κ2) is 9.87. The number of carbonyl (C=O) groups is 1. The van der Waals surface area contributed by atoms with Gasteiger partial charge in [0.25, 0.3) is 0 Å². The van der Waals surface area contributed by atoms with Crippen LogP contribution in [0.25, 0.3) is 0 Å². The van der Waals surface area contributed by atoms with Crippen molar-refractivity contribution in [1.82, 2.24) is 9.97 Å². The molecule has 1 unspecified atom stereocenters. The molecule has 0 aliphatic heterocycles. The van der Waals surface area contributed by atoms with Gasteiger partial charge in [-0.1, -0.05) is 30.3 Å². The van der Waals surface area contributed by atoms with E-state index in [1.54, 1.807) is 12.3 Å². The molecule has 1 heterocycles. The summed E-state index contributed by atoms with van der Waals surface area (Å²) >= 11 is 0. The molecule has 2 rings (SSSR count). The average molecular weight is 372 g/mol. The van der Waals surface area contributed by atoms with Crippen LogP contribution >= 0.6 is 0 Å². The van der Waals surface area contributed by atoms with Crippen molar-refractivity contribution in [3.63, 3.8) is 0 Å². The summed E-state index contributed by atoms with van der Waals surface area (Å²) in [4.78, 5) is 19.5. The van der Waals surface area contributed by atoms with Crippen LogP contribution in [0.3, 0.4) is 0 Å². The number of benzene rings is 1. The molecule has 2 aromatic rings. The van der Waals surface area contributed by atoms with Gasteiger partial charge in [0, 0.05) is 24.7 Å². The van der Waals surface area contributed by atoms with Gasteiger partial charge in [-0.05, 0) is 18.4 Å². The third-order valence-electron chi connectivity index (χ3n) is 3.85. The summed E-state index contributed by atoms with van der Waals surface area (Å²) in [5.41, 5.74) is 1.27. The molecule has 1 atom stereocenters. The van der Waals surface area contributed by atoms with Crippen molar-refractivity contribution in [2.24, 2.45) is 0 Å². The molecule has 0 radical (unpaired) electrons. The molecular formula is C20H28N4O3. The smallest absolute Gasteiger partial charge is 0.226 e. The highest BCUT2D eigenvalue weighted by atomic mass is 16.5. The van der Waals surface area contributed by atoms with Crippen LogP contribution in [0.1, 0.15) is 18.4 Å². The summed E-state index contributed by atoms with van der Waals surface area (Å²) in [6, 6.07) is 11.6. The Morgan fingerprint density at radius 1 is 1.22 bits per heavy atom. The summed E-state index contributed by atoms with van der Waals surface area (Å²) in [5.74, 6) is -0.275. The number of aromatic nitrogens is 2. The number of anilines is 1. The first-order valence-corrected chi connectivity index (χ1v) is 9.08. The zero-order valence-electron chi connectivity index (χ0n) is 16.2. The predicted octanol–water partition coefficient (Wildman–Crippen LogP) is 1.11. The molecule has 1 aromatic heterocycles. The Kier molecular flexibility index (Phi) is 7.55. The number of rotatable bonds is 11. The largest absolute Gasteiger partial charge is 0.550 e. The van der Waals surface area contributed by atoms with Crippen LogP contribution in [-0.4, -0.2) is 60.8 Å². The van der Waals surface area contributed by atoms with Gasteiger partial charge in [-0.3, -0.25) is 0 Å². The number of nitrogens with one attached hydrogen (secondary N) is 1. The third-order valence-corrected chi connectivity index (χ3v) is 3.85. The van der Waals surface area contributed by atoms with E-state index in [0.717, 1.165) is 12.8 Å². The van der Waals surface area contributed by atoms with Crippen LogP contribution in [-0.2, 0) is 11.2 Å². The molecule has 0 fully saturated rings. The molecule has 0 amide bonds. The minimum absolute atomic E-state index is 0.110. The molecule has 0 aliphatic rings. The normalized spacial score (nSPS) is 12.4. The molecule has 146 valence electrons. The lowest BCUT2D eigenvalue weighted by molar-refractivity contribution is -0.870. The zero-order valence-corrected chi connectivity index (χ0v) is 16.2. The van der Waals surface area contributed by atoms with Crippen molar-refractivity contribution in [3.8, 4) is 5.88 Å². The fourth-order valence-corrected chi connectivity index (χ4v) is 2.80. The third kappa shape index (κ3) is 8.50. The standard InChI is InChI=1S/C20H28N4O3/c1-24(2,3)15-17(14-19(25)26)22-20-21-12-11-18(23-20)27-13-7-10-16-8-5-4-6-9-16/h4-6,8-9,11-12,17H,7,10,13-15H2,1-3H3,(H-,21,22,23,25,26). The molecule has 0 bridgehead atoms. The van der Waals surface area contributed by atoms with E-state index in [0.29, 0.717) is 29.5 Å². The van der Waals surface area contributed by atoms with Gasteiger partial charge in [0.15, 0.2) is 0 Å². The molecule has 0 saturated carbocycles. The van der Waals surface area contributed by atoms with Crippen LogP contribution in [0.5, 0.6) is 5.88 Å². The second-order valence-corrected chi connectivity index (χ2v) is 7.55. The SMILES string of the molecule is C[N+](C)(C)CC(CC(=O)[O-])Nc1nccc(OCCCc2ccccc2)n1. The molecule has 27 heavy (non-hydrogen) atoms. The van der Waals surface area contributed by atoms with Gasteiger partial charge in [-0.25, -0.2) is 4.98 Å². The van der Waals surface area contributed by atoms with Crippen molar-refractivity contribution < 1.29 is 19.1 Å². The molecule has 0 saturated heterocycles. The number of quaternary nitrogens is 1. The van der Waals surface area contributed by atoms with Crippen LogP contribution in [0.4, 0.5) is 5.95 Å². The van der Waals surface area contributed by atoms with Crippen molar-refractivity contribution in [2.45, 2.75) is 25.3 Å². The van der Waals surface area contributed by atoms with E-state index in [1.807, 2.05) is 39.3 Å². The Labute approximate surface area is 160 Å². The lowest BCUT2D eigenvalue weighted by Crippen LogP contribution is -2.46. The summed E-state index contributed by atoms with van der Waals surface area (Å²) in [7, 11) is 5.99. The van der Waals surface area contributed by atoms with E-state index in [-0.39, 0.29) is 12.5 Å². The summed E-state index contributed by atoms with van der Waals surface area (Å²) in [5, 5.41) is 14.1. The first-order valence-electron chi connectivity index (χ1n) is 9.08. The molecule has 0 spiro atoms. The highest BCUT2D eigenvalue weighted by Gasteiger charge is 2.19. The van der Waals surface area contributed by atoms with Gasteiger partial charge in [0.05, 0.1) is 40.3 Å². The number of aryl methyl sites for hydroxylation is 1. The summed E-state index contributed by atoms with van der Waals surface area (Å²) in [6.45, 7) is 1.15. The number of hydrogen-bond acceptors (Lipinski definition) is 6. The molecule has 1 aromatic carbocycles. The average Bonchev–Trinajstić information content (AvgIpc) is 2.58. The van der Waals surface area contributed by atoms with Gasteiger partial charge in [0.1, 0.15) is 0 Å². The molecule has 1 N–H and O–H groups in total. The summed E-state index contributed by atoms with van der Waals surface area (Å²) in [6.07, 6.45) is 3.31. The number of likely N-dealkylation sites (N-methyl/N-ethyl adjacent to an activating group) is 1. The van der Waals surface area contributed by atoms with Crippen molar-refractivity contribution in [3.05, 3.63) is 48.2 Å². The molecule has 7 heteroatoms. The second-order valence-electron chi connectivity index (χ2n) is 7.55. The van der Waals surface area contributed by atoms with Gasteiger partial charge in [-0.2, -0.15) is 4.98 Å². The topological polar surface area (TPSA) is 87.2 Å². The number of carboxylic acid groups (broad SMARTS) is 1. The number of carboxylic acids is 1. The maximum atomic E-state index is 11.0. The van der Waals surface area contributed by atoms with E-state index >= 15 is 0 Å². The van der Waals surface area contributed by atoms with E-state index in [4.69, 9.17) is 4.74 Å². The molecule has 0 aliphatic carbocycles. The molecule has 7 nitrogen and oxygen atoms in total. The maximum Gasteiger partial charge on any atom is 0.226 e. The Morgan fingerprint density at radius 2 is 1.96 bits per heavy atom. The lowest BCUT2D eigenvalue weighted by atomic mass is 10.1. The minimum Gasteiger partial charge on any atom is -0.550 e. The number of hydrogen-bond donors (Lipinski definition) is 1. The Bertz CT molecular complexity index is 717. The zero-order chi connectivity index (χ0) is 19.7. The molecular weight excluding hydrogens is 344 g/mol. The summed E-state index contributed by atoms with van der Waals surface area (Å²) < 4.78 is 6.32. The number of nitrogens with zero attached hydrogens (tertiary/aromatic N) is 3. The van der Waals surface area contributed by atoms with Gasteiger partial charge >= 0.3 is 0 Å². The number of aliphatic carboxylic acids is 1. The van der Waals surface area contributed by atoms with Crippen LogP contribution in [0.2, 0.25) is 0 Å². The van der Waals surface area contributed by atoms with Crippen molar-refractivity contribution >= 4 is 11.9 Å². The van der Waals surface area contributed by atoms with Gasteiger partial charge in [-0.15, -0.1) is 0 Å². The highest BCUT2D eigenvalue weighted by molar-refractivity contribution is 5.65. The van der Waals surface area contributed by atoms with E-state index in [9.17, 15) is 9.90 Å². The van der Waals surface area contributed by atoms with E-state index in [1.165, 1.54) is 5.56 Å². The maximum absolute atomic E-state index is 11.0.